The van der Waals surface area contributed by atoms with E-state index in [2.05, 4.69) is 4.72 Å². The molecule has 2 rings (SSSR count). The lowest BCUT2D eigenvalue weighted by Crippen LogP contribution is -2.37. The SMILES string of the molecule is CC(NS(=O)(=O)Cc1ccc(C(=O)O)cc1)C1CCCC1. The highest BCUT2D eigenvalue weighted by atomic mass is 32.2. The Labute approximate surface area is 125 Å². The number of carbonyl (C=O) groups is 1. The second kappa shape index (κ2) is 6.58. The van der Waals surface area contributed by atoms with Crippen molar-refractivity contribution >= 4 is 16.0 Å². The normalized spacial score (nSPS) is 17.8. The molecule has 5 nitrogen and oxygen atoms in total. The van der Waals surface area contributed by atoms with Crippen LogP contribution in [0, 0.1) is 5.92 Å². The van der Waals surface area contributed by atoms with E-state index in [4.69, 9.17) is 5.11 Å². The number of rotatable bonds is 6. The highest BCUT2D eigenvalue weighted by molar-refractivity contribution is 7.88. The molecule has 1 fully saturated rings. The molecule has 0 amide bonds. The van der Waals surface area contributed by atoms with Gasteiger partial charge in [0.15, 0.2) is 0 Å². The third kappa shape index (κ3) is 4.54. The molecule has 1 atom stereocenters. The Balaban J connectivity index is 1.98. The van der Waals surface area contributed by atoms with E-state index in [-0.39, 0.29) is 17.4 Å². The lowest BCUT2D eigenvalue weighted by Gasteiger charge is -2.20. The quantitative estimate of drug-likeness (QED) is 0.845. The number of hydrogen-bond acceptors (Lipinski definition) is 3. The summed E-state index contributed by atoms with van der Waals surface area (Å²) in [6.07, 6.45) is 4.51. The Hall–Kier alpha value is -1.40. The van der Waals surface area contributed by atoms with Crippen LogP contribution in [0.1, 0.15) is 48.5 Å². The molecule has 1 aromatic carbocycles. The Kier molecular flexibility index (Phi) is 5.00. The maximum Gasteiger partial charge on any atom is 0.335 e. The average Bonchev–Trinajstić information content (AvgIpc) is 2.92. The average molecular weight is 311 g/mol. The number of benzene rings is 1. The molecule has 0 spiro atoms. The summed E-state index contributed by atoms with van der Waals surface area (Å²) in [5.41, 5.74) is 0.745. The van der Waals surface area contributed by atoms with Crippen molar-refractivity contribution in [2.45, 2.75) is 44.4 Å². The zero-order valence-corrected chi connectivity index (χ0v) is 12.9. The monoisotopic (exact) mass is 311 g/mol. The number of sulfonamides is 1. The van der Waals surface area contributed by atoms with Crippen LogP contribution in [0.2, 0.25) is 0 Å². The minimum atomic E-state index is -3.40. The van der Waals surface area contributed by atoms with Crippen LogP contribution in [0.5, 0.6) is 0 Å². The van der Waals surface area contributed by atoms with Gasteiger partial charge >= 0.3 is 5.97 Å². The predicted octanol–water partition coefficient (Wildman–Crippen LogP) is 2.38. The van der Waals surface area contributed by atoms with Gasteiger partial charge in [-0.05, 0) is 43.4 Å². The number of carboxylic acid groups (broad SMARTS) is 1. The Morgan fingerprint density at radius 2 is 1.86 bits per heavy atom. The largest absolute Gasteiger partial charge is 0.478 e. The van der Waals surface area contributed by atoms with Crippen LogP contribution in [0.4, 0.5) is 0 Å². The van der Waals surface area contributed by atoms with Crippen molar-refractivity contribution in [2.24, 2.45) is 5.92 Å². The van der Waals surface area contributed by atoms with E-state index in [1.165, 1.54) is 25.0 Å². The topological polar surface area (TPSA) is 83.5 Å². The van der Waals surface area contributed by atoms with Crippen molar-refractivity contribution in [1.29, 1.82) is 0 Å². The van der Waals surface area contributed by atoms with Crippen LogP contribution in [0.25, 0.3) is 0 Å². The molecule has 0 heterocycles. The Morgan fingerprint density at radius 3 is 2.38 bits per heavy atom. The van der Waals surface area contributed by atoms with Gasteiger partial charge in [0.2, 0.25) is 10.0 Å². The van der Waals surface area contributed by atoms with E-state index in [1.807, 2.05) is 6.92 Å². The van der Waals surface area contributed by atoms with Crippen molar-refractivity contribution < 1.29 is 18.3 Å². The van der Waals surface area contributed by atoms with Crippen LogP contribution in [-0.2, 0) is 15.8 Å². The molecule has 21 heavy (non-hydrogen) atoms. The molecule has 1 aliphatic rings. The van der Waals surface area contributed by atoms with Crippen LogP contribution in [0.15, 0.2) is 24.3 Å². The van der Waals surface area contributed by atoms with Gasteiger partial charge in [0, 0.05) is 6.04 Å². The molecule has 116 valence electrons. The number of carboxylic acids is 1. The number of nitrogens with one attached hydrogen (secondary N) is 1. The van der Waals surface area contributed by atoms with Crippen LogP contribution in [0.3, 0.4) is 0 Å². The fourth-order valence-electron chi connectivity index (χ4n) is 2.84. The van der Waals surface area contributed by atoms with Crippen LogP contribution in [-0.4, -0.2) is 25.5 Å². The second-order valence-electron chi connectivity index (χ2n) is 5.71. The maximum atomic E-state index is 12.2. The first-order valence-electron chi connectivity index (χ1n) is 7.19. The maximum absolute atomic E-state index is 12.2. The van der Waals surface area contributed by atoms with E-state index in [1.54, 1.807) is 12.1 Å². The molecular formula is C15H21NO4S. The predicted molar refractivity (Wildman–Crippen MR) is 80.6 cm³/mol. The second-order valence-corrected chi connectivity index (χ2v) is 7.47. The summed E-state index contributed by atoms with van der Waals surface area (Å²) >= 11 is 0. The molecule has 1 aliphatic carbocycles. The van der Waals surface area contributed by atoms with Gasteiger partial charge < -0.3 is 5.11 Å². The zero-order valence-electron chi connectivity index (χ0n) is 12.1. The molecule has 1 aromatic rings. The van der Waals surface area contributed by atoms with Crippen molar-refractivity contribution in [3.05, 3.63) is 35.4 Å². The summed E-state index contributed by atoms with van der Waals surface area (Å²) in [7, 11) is -3.40. The fraction of sp³-hybridized carbons (Fsp3) is 0.533. The first kappa shape index (κ1) is 16.0. The van der Waals surface area contributed by atoms with Gasteiger partial charge in [-0.3, -0.25) is 0 Å². The number of hydrogen-bond donors (Lipinski definition) is 2. The van der Waals surface area contributed by atoms with Gasteiger partial charge in [0.25, 0.3) is 0 Å². The van der Waals surface area contributed by atoms with Crippen molar-refractivity contribution in [3.63, 3.8) is 0 Å². The molecule has 0 aliphatic heterocycles. The summed E-state index contributed by atoms with van der Waals surface area (Å²) in [5.74, 6) is -0.712. The molecule has 0 aromatic heterocycles. The Morgan fingerprint density at radius 1 is 1.29 bits per heavy atom. The van der Waals surface area contributed by atoms with Gasteiger partial charge in [-0.25, -0.2) is 17.9 Å². The summed E-state index contributed by atoms with van der Waals surface area (Å²) < 4.78 is 27.1. The van der Waals surface area contributed by atoms with E-state index in [0.29, 0.717) is 11.5 Å². The zero-order chi connectivity index (χ0) is 15.5. The third-order valence-electron chi connectivity index (χ3n) is 4.03. The summed E-state index contributed by atoms with van der Waals surface area (Å²) in [5, 5.41) is 8.82. The van der Waals surface area contributed by atoms with E-state index < -0.39 is 16.0 Å². The van der Waals surface area contributed by atoms with E-state index >= 15 is 0 Å². The molecule has 1 unspecified atom stereocenters. The van der Waals surface area contributed by atoms with Crippen molar-refractivity contribution in [3.8, 4) is 0 Å². The van der Waals surface area contributed by atoms with Crippen LogP contribution >= 0.6 is 0 Å². The van der Waals surface area contributed by atoms with Gasteiger partial charge in [-0.1, -0.05) is 25.0 Å². The highest BCUT2D eigenvalue weighted by Crippen LogP contribution is 2.28. The van der Waals surface area contributed by atoms with Crippen molar-refractivity contribution in [2.75, 3.05) is 0 Å². The van der Waals surface area contributed by atoms with Gasteiger partial charge in [0.1, 0.15) is 0 Å². The molecule has 1 saturated carbocycles. The standard InChI is InChI=1S/C15H21NO4S/c1-11(13-4-2-3-5-13)16-21(19,20)10-12-6-8-14(9-7-12)15(17)18/h6-9,11,13,16H,2-5,10H2,1H3,(H,17,18). The van der Waals surface area contributed by atoms with Crippen LogP contribution < -0.4 is 4.72 Å². The minimum absolute atomic E-state index is 0.0456. The van der Waals surface area contributed by atoms with Gasteiger partial charge in [-0.2, -0.15) is 0 Å². The molecule has 0 saturated heterocycles. The van der Waals surface area contributed by atoms with Crippen molar-refractivity contribution in [1.82, 2.24) is 4.72 Å². The first-order chi connectivity index (χ1) is 9.87. The lowest BCUT2D eigenvalue weighted by atomic mass is 10.0. The molecular weight excluding hydrogens is 290 g/mol. The summed E-state index contributed by atoms with van der Waals surface area (Å²) in [6.45, 7) is 1.92. The number of aromatic carboxylic acids is 1. The van der Waals surface area contributed by atoms with E-state index in [0.717, 1.165) is 12.8 Å². The molecule has 0 bridgehead atoms. The molecule has 2 N–H and O–H groups in total. The van der Waals surface area contributed by atoms with Gasteiger partial charge in [0.05, 0.1) is 11.3 Å². The summed E-state index contributed by atoms with van der Waals surface area (Å²) in [6, 6.07) is 5.89. The Bertz CT molecular complexity index is 589. The highest BCUT2D eigenvalue weighted by Gasteiger charge is 2.25. The van der Waals surface area contributed by atoms with Gasteiger partial charge in [-0.15, -0.1) is 0 Å². The fourth-order valence-corrected chi connectivity index (χ4v) is 4.31. The lowest BCUT2D eigenvalue weighted by molar-refractivity contribution is 0.0697. The minimum Gasteiger partial charge on any atom is -0.478 e. The first-order valence-corrected chi connectivity index (χ1v) is 8.85. The third-order valence-corrected chi connectivity index (χ3v) is 5.47. The molecule has 0 radical (unpaired) electrons. The smallest absolute Gasteiger partial charge is 0.335 e. The summed E-state index contributed by atoms with van der Waals surface area (Å²) in [4.78, 5) is 10.8. The van der Waals surface area contributed by atoms with E-state index in [9.17, 15) is 13.2 Å². The molecule has 6 heteroatoms.